The molecule has 0 radical (unpaired) electrons. The van der Waals surface area contributed by atoms with Gasteiger partial charge in [0, 0.05) is 18.5 Å². The number of carbonyl (C=O) groups excluding carboxylic acids is 1. The van der Waals surface area contributed by atoms with Crippen LogP contribution in [0.1, 0.15) is 59.8 Å². The third kappa shape index (κ3) is 2.33. The first kappa shape index (κ1) is 14.9. The molecule has 1 heterocycles. The summed E-state index contributed by atoms with van der Waals surface area (Å²) in [5, 5.41) is 0. The predicted octanol–water partition coefficient (Wildman–Crippen LogP) is 1.50. The maximum atomic E-state index is 12.3. The first-order chi connectivity index (χ1) is 8.68. The second kappa shape index (κ2) is 4.80. The topological polar surface area (TPSA) is 46.3 Å². The molecule has 2 fully saturated rings. The van der Waals surface area contributed by atoms with Gasteiger partial charge in [-0.3, -0.25) is 4.79 Å². The lowest BCUT2D eigenvalue weighted by atomic mass is 9.52. The Bertz CT molecular complexity index is 365. The summed E-state index contributed by atoms with van der Waals surface area (Å²) in [7, 11) is 2.21. The lowest BCUT2D eigenvalue weighted by Gasteiger charge is -2.52. The van der Waals surface area contributed by atoms with E-state index in [2.05, 4.69) is 40.4 Å². The van der Waals surface area contributed by atoms with E-state index < -0.39 is 0 Å². The van der Waals surface area contributed by atoms with Crippen molar-refractivity contribution in [3.8, 4) is 0 Å². The van der Waals surface area contributed by atoms with Crippen molar-refractivity contribution in [3.05, 3.63) is 0 Å². The van der Waals surface area contributed by atoms with Crippen molar-refractivity contribution in [2.75, 3.05) is 0 Å². The molecule has 1 saturated carbocycles. The average molecular weight is 264 g/mol. The molecule has 1 aliphatic carbocycles. The van der Waals surface area contributed by atoms with Crippen LogP contribution in [0.15, 0.2) is 0 Å². The molecule has 4 heteroatoms. The van der Waals surface area contributed by atoms with Crippen LogP contribution < -0.4 is 5.73 Å². The summed E-state index contributed by atoms with van der Waals surface area (Å²) in [6, 6.07) is 0.635. The Hall–Kier alpha value is -0.505. The largest absolute Gasteiger partial charge is 0.337 e. The molecule has 0 aromatic heterocycles. The molecule has 1 amide bonds. The third-order valence-electron chi connectivity index (χ3n) is 5.87. The fourth-order valence-electron chi connectivity index (χ4n) is 4.21. The smallest absolute Gasteiger partial charge is 0.223 e. The normalized spacial score (nSPS) is 39.1. The minimum absolute atomic E-state index is 0.148. The Morgan fingerprint density at radius 3 is 2.58 bits per heavy atom. The van der Waals surface area contributed by atoms with Gasteiger partial charge in [-0.1, -0.05) is 20.3 Å². The predicted molar refractivity (Wildman–Crippen MR) is 81.6 cm³/mol. The SMILES string of the molecule is BC1(N)C2CCC(=O)N(C(C)C)C2CCCC1(C)C. The summed E-state index contributed by atoms with van der Waals surface area (Å²) < 4.78 is 0. The quantitative estimate of drug-likeness (QED) is 0.729. The van der Waals surface area contributed by atoms with Gasteiger partial charge in [0.05, 0.1) is 0 Å². The second-order valence-corrected chi connectivity index (χ2v) is 7.67. The molecule has 2 aliphatic rings. The molecule has 2 rings (SSSR count). The van der Waals surface area contributed by atoms with Crippen molar-refractivity contribution in [1.29, 1.82) is 0 Å². The summed E-state index contributed by atoms with van der Waals surface area (Å²) in [6.07, 6.45) is 5.08. The number of piperidine rings is 1. The molecular formula is C15H29BN2O. The summed E-state index contributed by atoms with van der Waals surface area (Å²) in [5.74, 6) is 0.761. The van der Waals surface area contributed by atoms with E-state index in [0.29, 0.717) is 24.3 Å². The zero-order valence-electron chi connectivity index (χ0n) is 13.2. The minimum atomic E-state index is -0.192. The van der Waals surface area contributed by atoms with Crippen LogP contribution in [0.3, 0.4) is 0 Å². The number of nitrogens with two attached hydrogens (primary N) is 1. The molecule has 0 bridgehead atoms. The highest BCUT2D eigenvalue weighted by Crippen LogP contribution is 2.47. The Labute approximate surface area is 118 Å². The number of hydrogen-bond donors (Lipinski definition) is 1. The van der Waals surface area contributed by atoms with Crippen molar-refractivity contribution in [2.24, 2.45) is 17.1 Å². The van der Waals surface area contributed by atoms with E-state index in [1.54, 1.807) is 0 Å². The average Bonchev–Trinajstić information content (AvgIpc) is 2.34. The molecule has 2 N–H and O–H groups in total. The molecule has 3 unspecified atom stereocenters. The zero-order valence-corrected chi connectivity index (χ0v) is 13.2. The van der Waals surface area contributed by atoms with Crippen LogP contribution in [0.2, 0.25) is 0 Å². The van der Waals surface area contributed by atoms with Crippen LogP contribution in [0.5, 0.6) is 0 Å². The molecule has 1 aliphatic heterocycles. The highest BCUT2D eigenvalue weighted by molar-refractivity contribution is 6.16. The summed E-state index contributed by atoms with van der Waals surface area (Å²) in [5.41, 5.74) is 6.74. The number of carbonyl (C=O) groups is 1. The minimum Gasteiger partial charge on any atom is -0.337 e. The van der Waals surface area contributed by atoms with Crippen LogP contribution in [-0.2, 0) is 4.79 Å². The molecule has 0 spiro atoms. The zero-order chi connectivity index (χ0) is 14.4. The molecule has 19 heavy (non-hydrogen) atoms. The number of nitrogens with zero attached hydrogens (tertiary/aromatic N) is 1. The molecule has 108 valence electrons. The van der Waals surface area contributed by atoms with Gasteiger partial charge in [0.25, 0.3) is 0 Å². The van der Waals surface area contributed by atoms with E-state index in [-0.39, 0.29) is 16.9 Å². The van der Waals surface area contributed by atoms with Gasteiger partial charge in [-0.25, -0.2) is 0 Å². The maximum absolute atomic E-state index is 12.3. The van der Waals surface area contributed by atoms with Crippen molar-refractivity contribution in [3.63, 3.8) is 0 Å². The molecule has 0 aromatic rings. The van der Waals surface area contributed by atoms with Gasteiger partial charge in [-0.2, -0.15) is 0 Å². The standard InChI is InChI=1S/C15H29BN2O/c1-10(2)18-12-6-5-9-14(3,4)15(16,17)11(12)7-8-13(18)19/h10-12H,5-9,16-17H2,1-4H3. The maximum Gasteiger partial charge on any atom is 0.223 e. The van der Waals surface area contributed by atoms with Crippen molar-refractivity contribution >= 4 is 13.8 Å². The van der Waals surface area contributed by atoms with E-state index in [0.717, 1.165) is 19.3 Å². The molecule has 1 saturated heterocycles. The van der Waals surface area contributed by atoms with Crippen LogP contribution in [0.4, 0.5) is 0 Å². The highest BCUT2D eigenvalue weighted by atomic mass is 16.2. The van der Waals surface area contributed by atoms with Crippen LogP contribution in [0.25, 0.3) is 0 Å². The molecule has 0 aromatic carbocycles. The number of hydrogen-bond acceptors (Lipinski definition) is 2. The van der Waals surface area contributed by atoms with Crippen LogP contribution in [-0.4, -0.2) is 36.2 Å². The lowest BCUT2D eigenvalue weighted by Crippen LogP contribution is -2.65. The van der Waals surface area contributed by atoms with E-state index in [1.807, 2.05) is 0 Å². The number of likely N-dealkylation sites (tertiary alicyclic amines) is 1. The molecule has 3 atom stereocenters. The fraction of sp³-hybridized carbons (Fsp3) is 0.933. The van der Waals surface area contributed by atoms with Gasteiger partial charge >= 0.3 is 0 Å². The van der Waals surface area contributed by atoms with Crippen molar-refractivity contribution in [1.82, 2.24) is 4.90 Å². The molecular weight excluding hydrogens is 235 g/mol. The highest BCUT2D eigenvalue weighted by Gasteiger charge is 2.51. The van der Waals surface area contributed by atoms with Gasteiger partial charge in [-0.05, 0) is 49.9 Å². The molecule has 3 nitrogen and oxygen atoms in total. The Morgan fingerprint density at radius 1 is 1.37 bits per heavy atom. The fourth-order valence-corrected chi connectivity index (χ4v) is 4.21. The van der Waals surface area contributed by atoms with Gasteiger partial charge < -0.3 is 10.6 Å². The Kier molecular flexibility index (Phi) is 3.76. The third-order valence-corrected chi connectivity index (χ3v) is 5.87. The number of amides is 1. The monoisotopic (exact) mass is 264 g/mol. The van der Waals surface area contributed by atoms with E-state index in [9.17, 15) is 4.79 Å². The van der Waals surface area contributed by atoms with Crippen LogP contribution >= 0.6 is 0 Å². The second-order valence-electron chi connectivity index (χ2n) is 7.67. The Balaban J connectivity index is 2.37. The van der Waals surface area contributed by atoms with Crippen molar-refractivity contribution < 1.29 is 4.79 Å². The van der Waals surface area contributed by atoms with Gasteiger partial charge in [0.1, 0.15) is 7.85 Å². The van der Waals surface area contributed by atoms with Gasteiger partial charge in [0.2, 0.25) is 5.91 Å². The Morgan fingerprint density at radius 2 is 2.00 bits per heavy atom. The number of rotatable bonds is 1. The summed E-state index contributed by atoms with van der Waals surface area (Å²) in [4.78, 5) is 14.4. The van der Waals surface area contributed by atoms with Gasteiger partial charge in [0.15, 0.2) is 0 Å². The lowest BCUT2D eigenvalue weighted by molar-refractivity contribution is -0.142. The van der Waals surface area contributed by atoms with Crippen molar-refractivity contribution in [2.45, 2.75) is 77.3 Å². The first-order valence-corrected chi connectivity index (χ1v) is 7.78. The van der Waals surface area contributed by atoms with E-state index in [1.165, 1.54) is 6.42 Å². The summed E-state index contributed by atoms with van der Waals surface area (Å²) >= 11 is 0. The summed E-state index contributed by atoms with van der Waals surface area (Å²) in [6.45, 7) is 8.85. The first-order valence-electron chi connectivity index (χ1n) is 7.78. The van der Waals surface area contributed by atoms with E-state index in [4.69, 9.17) is 5.73 Å². The van der Waals surface area contributed by atoms with E-state index >= 15 is 0 Å². The van der Waals surface area contributed by atoms with Gasteiger partial charge in [-0.15, -0.1) is 0 Å². The number of fused-ring (bicyclic) bond motifs is 1. The van der Waals surface area contributed by atoms with Crippen LogP contribution in [0, 0.1) is 11.3 Å².